The molecule has 4 radical (unpaired) electrons. The molecule has 0 aromatic heterocycles. The lowest BCUT2D eigenvalue weighted by Gasteiger charge is -2.44. The first-order valence-electron chi connectivity index (χ1n) is 4.69. The van der Waals surface area contributed by atoms with Crippen LogP contribution >= 0.6 is 11.1 Å². The van der Waals surface area contributed by atoms with Crippen molar-refractivity contribution in [2.45, 2.75) is 49.7 Å². The maximum atomic E-state index is 6.56. The van der Waals surface area contributed by atoms with Crippen LogP contribution in [0.1, 0.15) is 0 Å². The molecular formula is C8H21ClSi4. The maximum Gasteiger partial charge on any atom is 0.159 e. The molecule has 0 unspecified atom stereocenters. The SMILES string of the molecule is C[Si](C)C([Si](C)C)([Si](C)C)[Si](C)Cl. The van der Waals surface area contributed by atoms with Gasteiger partial charge in [0, 0.05) is 26.4 Å². The molecule has 0 N–H and O–H groups in total. The van der Waals surface area contributed by atoms with E-state index in [1.807, 2.05) is 0 Å². The Morgan fingerprint density at radius 3 is 0.923 bits per heavy atom. The number of halogens is 1. The minimum Gasteiger partial charge on any atom is -0.170 e. The third-order valence-corrected chi connectivity index (χ3v) is 27.5. The summed E-state index contributed by atoms with van der Waals surface area (Å²) in [6, 6.07) is 0. The van der Waals surface area contributed by atoms with Crippen molar-refractivity contribution in [3.05, 3.63) is 0 Å². The van der Waals surface area contributed by atoms with Gasteiger partial charge in [0.15, 0.2) is 8.11 Å². The van der Waals surface area contributed by atoms with Gasteiger partial charge < -0.3 is 0 Å². The number of rotatable bonds is 4. The molecule has 0 bridgehead atoms. The Hall–Kier alpha value is 1.16. The summed E-state index contributed by atoms with van der Waals surface area (Å²) in [5.41, 5.74) is 0. The van der Waals surface area contributed by atoms with E-state index in [0.29, 0.717) is 3.91 Å². The van der Waals surface area contributed by atoms with Crippen LogP contribution < -0.4 is 0 Å². The standard InChI is InChI=1S/C8H21ClSi4/c1-10(2)8(11(3)4,12(5)6)13(7)9/h1-7H3. The lowest BCUT2D eigenvalue weighted by molar-refractivity contribution is 1.36. The highest BCUT2D eigenvalue weighted by Gasteiger charge is 2.47. The Bertz CT molecular complexity index is 119. The highest BCUT2D eigenvalue weighted by atomic mass is 35.6. The first kappa shape index (κ1) is 14.2. The molecule has 0 aliphatic heterocycles. The van der Waals surface area contributed by atoms with Crippen LogP contribution in [0.25, 0.3) is 0 Å². The topological polar surface area (TPSA) is 0 Å². The van der Waals surface area contributed by atoms with Crippen molar-refractivity contribution in [1.82, 2.24) is 0 Å². The van der Waals surface area contributed by atoms with Gasteiger partial charge in [-0.1, -0.05) is 45.8 Å². The van der Waals surface area contributed by atoms with Crippen LogP contribution in [0.2, 0.25) is 49.7 Å². The summed E-state index contributed by atoms with van der Waals surface area (Å²) >= 11 is 6.56. The van der Waals surface area contributed by atoms with Gasteiger partial charge in [-0.3, -0.25) is 0 Å². The average molecular weight is 265 g/mol. The molecule has 0 heterocycles. The van der Waals surface area contributed by atoms with Crippen LogP contribution in [-0.2, 0) is 0 Å². The van der Waals surface area contributed by atoms with Crippen LogP contribution in [0.4, 0.5) is 0 Å². The molecule has 76 valence electrons. The van der Waals surface area contributed by atoms with Crippen molar-refractivity contribution in [2.24, 2.45) is 0 Å². The normalized spacial score (nSPS) is 13.8. The summed E-state index contributed by atoms with van der Waals surface area (Å²) in [4.78, 5) is 0. The molecule has 0 fully saturated rings. The highest BCUT2D eigenvalue weighted by Crippen LogP contribution is 2.41. The van der Waals surface area contributed by atoms with Gasteiger partial charge in [-0.15, -0.1) is 0 Å². The quantitative estimate of drug-likeness (QED) is 0.539. The zero-order chi connectivity index (χ0) is 10.8. The van der Waals surface area contributed by atoms with Gasteiger partial charge in [-0.05, 0) is 3.91 Å². The fourth-order valence-electron chi connectivity index (χ4n) is 2.53. The Morgan fingerprint density at radius 2 is 0.923 bits per heavy atom. The molecule has 0 rings (SSSR count). The van der Waals surface area contributed by atoms with E-state index in [1.165, 1.54) is 0 Å². The molecule has 0 nitrogen and oxygen atoms in total. The van der Waals surface area contributed by atoms with E-state index in [0.717, 1.165) is 0 Å². The average Bonchev–Trinajstić information content (AvgIpc) is 1.82. The zero-order valence-electron chi connectivity index (χ0n) is 9.88. The number of hydrogen-bond acceptors (Lipinski definition) is 0. The van der Waals surface area contributed by atoms with Crippen LogP contribution in [0.3, 0.4) is 0 Å². The minimum atomic E-state index is -0.623. The second kappa shape index (κ2) is 5.30. The summed E-state index contributed by atoms with van der Waals surface area (Å²) in [5, 5.41) is 0. The lowest BCUT2D eigenvalue weighted by atomic mass is 11.7. The van der Waals surface area contributed by atoms with E-state index >= 15 is 0 Å². The minimum absolute atomic E-state index is 0.227. The third kappa shape index (κ3) is 2.59. The molecule has 0 saturated carbocycles. The molecular weight excluding hydrogens is 244 g/mol. The Balaban J connectivity index is 5.06. The molecule has 0 spiro atoms. The van der Waals surface area contributed by atoms with Gasteiger partial charge in [0.1, 0.15) is 0 Å². The van der Waals surface area contributed by atoms with E-state index in [9.17, 15) is 0 Å². The van der Waals surface area contributed by atoms with Crippen molar-refractivity contribution in [3.63, 3.8) is 0 Å². The summed E-state index contributed by atoms with van der Waals surface area (Å²) in [5.74, 6) is 0. The second-order valence-corrected chi connectivity index (χ2v) is 19.1. The van der Waals surface area contributed by atoms with E-state index in [4.69, 9.17) is 11.1 Å². The van der Waals surface area contributed by atoms with Gasteiger partial charge in [-0.25, -0.2) is 0 Å². The van der Waals surface area contributed by atoms with Crippen molar-refractivity contribution in [3.8, 4) is 0 Å². The van der Waals surface area contributed by atoms with E-state index < -0.39 is 8.11 Å². The van der Waals surface area contributed by atoms with Crippen LogP contribution in [0, 0.1) is 0 Å². The predicted octanol–water partition coefficient (Wildman–Crippen LogP) is 3.47. The van der Waals surface area contributed by atoms with E-state index in [2.05, 4.69) is 45.8 Å². The largest absolute Gasteiger partial charge is 0.170 e. The Labute approximate surface area is 95.2 Å². The van der Waals surface area contributed by atoms with Crippen LogP contribution in [-0.4, -0.2) is 34.5 Å². The van der Waals surface area contributed by atoms with Crippen LogP contribution in [0.15, 0.2) is 0 Å². The lowest BCUT2D eigenvalue weighted by Crippen LogP contribution is -2.54. The van der Waals surface area contributed by atoms with Gasteiger partial charge >= 0.3 is 0 Å². The summed E-state index contributed by atoms with van der Waals surface area (Å²) in [6.45, 7) is 17.1. The van der Waals surface area contributed by atoms with Crippen molar-refractivity contribution < 1.29 is 0 Å². The molecule has 0 aromatic carbocycles. The Kier molecular flexibility index (Phi) is 5.77. The van der Waals surface area contributed by atoms with Gasteiger partial charge in [-0.2, -0.15) is 11.1 Å². The fraction of sp³-hybridized carbons (Fsp3) is 1.00. The fourth-order valence-corrected chi connectivity index (χ4v) is 27.9. The van der Waals surface area contributed by atoms with E-state index in [1.54, 1.807) is 0 Å². The van der Waals surface area contributed by atoms with Gasteiger partial charge in [0.05, 0.1) is 0 Å². The third-order valence-electron chi connectivity index (χ3n) is 2.77. The first-order chi connectivity index (χ1) is 5.77. The zero-order valence-corrected chi connectivity index (χ0v) is 14.6. The predicted molar refractivity (Wildman–Crippen MR) is 72.6 cm³/mol. The van der Waals surface area contributed by atoms with E-state index in [-0.39, 0.29) is 26.4 Å². The molecule has 0 aromatic rings. The monoisotopic (exact) mass is 264 g/mol. The van der Waals surface area contributed by atoms with Crippen molar-refractivity contribution in [1.29, 1.82) is 0 Å². The van der Waals surface area contributed by atoms with Crippen molar-refractivity contribution in [2.75, 3.05) is 0 Å². The molecule has 13 heavy (non-hydrogen) atoms. The molecule has 0 saturated heterocycles. The Morgan fingerprint density at radius 1 is 0.692 bits per heavy atom. The summed E-state index contributed by atoms with van der Waals surface area (Å²) < 4.78 is 0.673. The van der Waals surface area contributed by atoms with Crippen molar-refractivity contribution >= 4 is 45.6 Å². The second-order valence-electron chi connectivity index (χ2n) is 4.28. The van der Waals surface area contributed by atoms with Crippen LogP contribution in [0.5, 0.6) is 0 Å². The molecule has 0 atom stereocenters. The summed E-state index contributed by atoms with van der Waals surface area (Å²) in [6.07, 6.45) is 0. The maximum absolute atomic E-state index is 6.56. The highest BCUT2D eigenvalue weighted by molar-refractivity contribution is 7.26. The smallest absolute Gasteiger partial charge is 0.159 e. The van der Waals surface area contributed by atoms with Gasteiger partial charge in [0.25, 0.3) is 0 Å². The summed E-state index contributed by atoms with van der Waals surface area (Å²) in [7, 11) is -1.30. The van der Waals surface area contributed by atoms with Gasteiger partial charge in [0.2, 0.25) is 0 Å². The molecule has 0 aliphatic rings. The molecule has 5 heteroatoms. The molecule has 0 aliphatic carbocycles. The number of hydrogen-bond donors (Lipinski definition) is 0. The molecule has 0 amide bonds. The first-order valence-corrected chi connectivity index (χ1v) is 15.2.